The van der Waals surface area contributed by atoms with Crippen molar-refractivity contribution >= 4 is 39.1 Å². The highest BCUT2D eigenvalue weighted by Gasteiger charge is 2.03. The fraction of sp³-hybridized carbons (Fsp3) is 0. The average molecular weight is 470 g/mol. The Morgan fingerprint density at radius 3 is 2.07 bits per heavy atom. The third kappa shape index (κ3) is 5.59. The molecule has 0 aliphatic rings. The second-order valence-electron chi connectivity index (χ2n) is 6.65. The minimum Gasteiger partial charge on any atom is -0.248 e. The van der Waals surface area contributed by atoms with Crippen LogP contribution >= 0.6 is 27.7 Å². The zero-order chi connectivity index (χ0) is 20.6. The summed E-state index contributed by atoms with van der Waals surface area (Å²) in [5, 5.41) is 2.09. The van der Waals surface area contributed by atoms with Gasteiger partial charge in [0.1, 0.15) is 0 Å². The Bertz CT molecular complexity index is 1150. The maximum absolute atomic E-state index is 4.89. The van der Waals surface area contributed by atoms with Crippen molar-refractivity contribution in [2.75, 3.05) is 0 Å². The molecule has 0 atom stereocenters. The predicted molar refractivity (Wildman–Crippen MR) is 134 cm³/mol. The van der Waals surface area contributed by atoms with E-state index in [0.29, 0.717) is 0 Å². The SMILES string of the molecule is Brc1cccc(SC=CC(=Nc2ccccc2)c2ccc(-c3ccccc3)cc2)c1. The summed E-state index contributed by atoms with van der Waals surface area (Å²) < 4.78 is 1.08. The van der Waals surface area contributed by atoms with Crippen LogP contribution in [0.2, 0.25) is 0 Å². The van der Waals surface area contributed by atoms with E-state index in [1.807, 2.05) is 48.5 Å². The lowest BCUT2D eigenvalue weighted by Crippen LogP contribution is -1.96. The average Bonchev–Trinajstić information content (AvgIpc) is 2.80. The molecule has 30 heavy (non-hydrogen) atoms. The molecule has 3 heteroatoms. The maximum atomic E-state index is 4.89. The predicted octanol–water partition coefficient (Wildman–Crippen LogP) is 8.54. The summed E-state index contributed by atoms with van der Waals surface area (Å²) >= 11 is 5.21. The Balaban J connectivity index is 1.62. The van der Waals surface area contributed by atoms with E-state index >= 15 is 0 Å². The van der Waals surface area contributed by atoms with Gasteiger partial charge in [0.05, 0.1) is 11.4 Å². The van der Waals surface area contributed by atoms with Crippen molar-refractivity contribution in [2.45, 2.75) is 4.90 Å². The molecule has 0 aliphatic carbocycles. The zero-order valence-electron chi connectivity index (χ0n) is 16.3. The summed E-state index contributed by atoms with van der Waals surface area (Å²) in [6, 6.07) is 37.4. The zero-order valence-corrected chi connectivity index (χ0v) is 18.7. The number of thioether (sulfide) groups is 1. The van der Waals surface area contributed by atoms with Gasteiger partial charge in [-0.25, -0.2) is 4.99 Å². The van der Waals surface area contributed by atoms with Gasteiger partial charge in [-0.1, -0.05) is 107 Å². The number of benzene rings is 4. The molecule has 0 amide bonds. The number of aliphatic imine (C=N–C) groups is 1. The third-order valence-corrected chi connectivity index (χ3v) is 5.81. The summed E-state index contributed by atoms with van der Waals surface area (Å²) in [4.78, 5) is 6.07. The van der Waals surface area contributed by atoms with Crippen LogP contribution < -0.4 is 0 Å². The Labute approximate surface area is 190 Å². The minimum absolute atomic E-state index is 0.934. The third-order valence-electron chi connectivity index (χ3n) is 4.52. The largest absolute Gasteiger partial charge is 0.248 e. The van der Waals surface area contributed by atoms with Crippen LogP contribution in [0, 0.1) is 0 Å². The van der Waals surface area contributed by atoms with Crippen LogP contribution in [0.25, 0.3) is 11.1 Å². The molecule has 0 saturated carbocycles. The highest BCUT2D eigenvalue weighted by molar-refractivity contribution is 9.10. The summed E-state index contributed by atoms with van der Waals surface area (Å²) in [5.74, 6) is 0. The summed E-state index contributed by atoms with van der Waals surface area (Å²) in [6.45, 7) is 0. The molecule has 0 heterocycles. The van der Waals surface area contributed by atoms with Gasteiger partial charge in [0, 0.05) is 14.9 Å². The van der Waals surface area contributed by atoms with Crippen LogP contribution in [-0.4, -0.2) is 5.71 Å². The number of nitrogens with zero attached hydrogens (tertiary/aromatic N) is 1. The van der Waals surface area contributed by atoms with E-state index in [4.69, 9.17) is 4.99 Å². The lowest BCUT2D eigenvalue weighted by molar-refractivity contribution is 1.44. The van der Waals surface area contributed by atoms with Gasteiger partial charge >= 0.3 is 0 Å². The van der Waals surface area contributed by atoms with E-state index in [1.54, 1.807) is 11.8 Å². The Hall–Kier alpha value is -2.88. The lowest BCUT2D eigenvalue weighted by Gasteiger charge is -2.06. The van der Waals surface area contributed by atoms with Gasteiger partial charge in [0.15, 0.2) is 0 Å². The van der Waals surface area contributed by atoms with Crippen LogP contribution in [0.3, 0.4) is 0 Å². The topological polar surface area (TPSA) is 12.4 Å². The molecule has 1 nitrogen and oxygen atoms in total. The van der Waals surface area contributed by atoms with Gasteiger partial charge in [0.2, 0.25) is 0 Å². The lowest BCUT2D eigenvalue weighted by atomic mass is 10.0. The molecule has 0 saturated heterocycles. The number of rotatable bonds is 6. The van der Waals surface area contributed by atoms with Gasteiger partial charge in [0.25, 0.3) is 0 Å². The van der Waals surface area contributed by atoms with Crippen LogP contribution in [-0.2, 0) is 0 Å². The molecule has 4 aromatic carbocycles. The molecule has 0 radical (unpaired) electrons. The molecule has 0 unspecified atom stereocenters. The van der Waals surface area contributed by atoms with Crippen LogP contribution in [0.1, 0.15) is 5.56 Å². The second-order valence-corrected chi connectivity index (χ2v) is 8.55. The molecule has 0 bridgehead atoms. The van der Waals surface area contributed by atoms with Crippen LogP contribution in [0.15, 0.2) is 135 Å². The van der Waals surface area contributed by atoms with Crippen molar-refractivity contribution in [1.82, 2.24) is 0 Å². The molecule has 4 rings (SSSR count). The second kappa shape index (κ2) is 10.2. The van der Waals surface area contributed by atoms with E-state index in [-0.39, 0.29) is 0 Å². The van der Waals surface area contributed by atoms with Crippen molar-refractivity contribution in [3.05, 3.63) is 131 Å². The molecule has 4 aromatic rings. The smallest absolute Gasteiger partial charge is 0.0714 e. The molecule has 0 aromatic heterocycles. The van der Waals surface area contributed by atoms with Gasteiger partial charge in [-0.3, -0.25) is 0 Å². The van der Waals surface area contributed by atoms with Gasteiger partial charge < -0.3 is 0 Å². The Morgan fingerprint density at radius 1 is 0.700 bits per heavy atom. The molecule has 146 valence electrons. The van der Waals surface area contributed by atoms with E-state index in [9.17, 15) is 0 Å². The molecule has 0 fully saturated rings. The van der Waals surface area contributed by atoms with Crippen LogP contribution in [0.5, 0.6) is 0 Å². The Kier molecular flexibility index (Phi) is 6.96. The first kappa shape index (κ1) is 20.4. The van der Waals surface area contributed by atoms with Crippen molar-refractivity contribution < 1.29 is 0 Å². The summed E-state index contributed by atoms with van der Waals surface area (Å²) in [6.07, 6.45) is 2.08. The first-order valence-electron chi connectivity index (χ1n) is 9.66. The summed E-state index contributed by atoms with van der Waals surface area (Å²) in [5.41, 5.74) is 5.38. The fourth-order valence-corrected chi connectivity index (χ4v) is 4.28. The molecular weight excluding hydrogens is 450 g/mol. The van der Waals surface area contributed by atoms with Gasteiger partial charge in [-0.05, 0) is 52.9 Å². The molecular formula is C27H20BrNS. The molecule has 0 spiro atoms. The Morgan fingerprint density at radius 2 is 1.37 bits per heavy atom. The van der Waals surface area contributed by atoms with E-state index < -0.39 is 0 Å². The number of allylic oxidation sites excluding steroid dienone is 1. The van der Waals surface area contributed by atoms with Crippen LogP contribution in [0.4, 0.5) is 5.69 Å². The minimum atomic E-state index is 0.934. The first-order chi connectivity index (χ1) is 14.8. The quantitative estimate of drug-likeness (QED) is 0.203. The normalized spacial score (nSPS) is 11.7. The number of para-hydroxylation sites is 1. The highest BCUT2D eigenvalue weighted by Crippen LogP contribution is 2.24. The number of hydrogen-bond donors (Lipinski definition) is 0. The van der Waals surface area contributed by atoms with Crippen molar-refractivity contribution in [3.8, 4) is 11.1 Å². The van der Waals surface area contributed by atoms with E-state index in [0.717, 1.165) is 21.4 Å². The molecule has 0 N–H and O–H groups in total. The van der Waals surface area contributed by atoms with Gasteiger partial charge in [-0.15, -0.1) is 0 Å². The summed E-state index contributed by atoms with van der Waals surface area (Å²) in [7, 11) is 0. The highest BCUT2D eigenvalue weighted by atomic mass is 79.9. The van der Waals surface area contributed by atoms with Crippen molar-refractivity contribution in [1.29, 1.82) is 0 Å². The fourth-order valence-electron chi connectivity index (χ4n) is 3.02. The first-order valence-corrected chi connectivity index (χ1v) is 11.3. The monoisotopic (exact) mass is 469 g/mol. The van der Waals surface area contributed by atoms with Gasteiger partial charge in [-0.2, -0.15) is 0 Å². The number of halogens is 1. The maximum Gasteiger partial charge on any atom is 0.0714 e. The molecule has 0 aliphatic heterocycles. The standard InChI is InChI=1S/C27H20BrNS/c28-24-10-7-13-26(20-24)30-19-18-27(29-25-11-5-2-6-12-25)23-16-14-22(15-17-23)21-8-3-1-4-9-21/h1-20H. The number of hydrogen-bond acceptors (Lipinski definition) is 2. The van der Waals surface area contributed by atoms with Crippen molar-refractivity contribution in [2.24, 2.45) is 4.99 Å². The van der Waals surface area contributed by atoms with E-state index in [2.05, 4.69) is 88.1 Å². The van der Waals surface area contributed by atoms with E-state index in [1.165, 1.54) is 16.0 Å². The van der Waals surface area contributed by atoms with Crippen molar-refractivity contribution in [3.63, 3.8) is 0 Å².